The van der Waals surface area contributed by atoms with E-state index < -0.39 is 6.04 Å². The molecule has 0 aromatic heterocycles. The quantitative estimate of drug-likeness (QED) is 0.616. The van der Waals surface area contributed by atoms with Crippen LogP contribution in [0.4, 0.5) is 0 Å². The lowest BCUT2D eigenvalue weighted by Gasteiger charge is -2.19. The Morgan fingerprint density at radius 3 is 2.78 bits per heavy atom. The van der Waals surface area contributed by atoms with Crippen molar-refractivity contribution in [3.8, 4) is 12.3 Å². The van der Waals surface area contributed by atoms with Crippen LogP contribution in [0.5, 0.6) is 0 Å². The Kier molecular flexibility index (Phi) is 5.96. The highest BCUT2D eigenvalue weighted by Crippen LogP contribution is 2.20. The summed E-state index contributed by atoms with van der Waals surface area (Å²) in [6.07, 6.45) is 6.10. The van der Waals surface area contributed by atoms with Gasteiger partial charge in [0.1, 0.15) is 6.04 Å². The van der Waals surface area contributed by atoms with E-state index in [1.165, 1.54) is 0 Å². The zero-order valence-electron chi connectivity index (χ0n) is 10.9. The molecule has 3 nitrogen and oxygen atoms in total. The summed E-state index contributed by atoms with van der Waals surface area (Å²) in [5.74, 6) is 2.20. The van der Waals surface area contributed by atoms with Crippen LogP contribution < -0.4 is 5.32 Å². The monoisotopic (exact) mass is 245 g/mol. The Hall–Kier alpha value is -1.79. The van der Waals surface area contributed by atoms with Gasteiger partial charge in [-0.2, -0.15) is 0 Å². The molecule has 0 aliphatic rings. The van der Waals surface area contributed by atoms with Crippen molar-refractivity contribution in [1.82, 2.24) is 5.32 Å². The summed E-state index contributed by atoms with van der Waals surface area (Å²) < 4.78 is 5.08. The highest BCUT2D eigenvalue weighted by Gasteiger charge is 2.22. The molecule has 0 saturated heterocycles. The van der Waals surface area contributed by atoms with Gasteiger partial charge >= 0.3 is 5.97 Å². The molecule has 18 heavy (non-hydrogen) atoms. The van der Waals surface area contributed by atoms with Crippen LogP contribution >= 0.6 is 0 Å². The van der Waals surface area contributed by atoms with Crippen LogP contribution in [0.15, 0.2) is 24.3 Å². The second kappa shape index (κ2) is 7.52. The Morgan fingerprint density at radius 1 is 1.44 bits per heavy atom. The lowest BCUT2D eigenvalue weighted by Crippen LogP contribution is -2.31. The third-order valence-corrected chi connectivity index (χ3v) is 2.68. The number of hydrogen-bond donors (Lipinski definition) is 1. The van der Waals surface area contributed by atoms with Crippen molar-refractivity contribution >= 4 is 5.97 Å². The number of ether oxygens (including phenoxy) is 1. The van der Waals surface area contributed by atoms with E-state index in [1.807, 2.05) is 24.3 Å². The van der Waals surface area contributed by atoms with Crippen molar-refractivity contribution in [2.24, 2.45) is 0 Å². The smallest absolute Gasteiger partial charge is 0.327 e. The number of carbonyl (C=O) groups excluding carboxylic acids is 1. The topological polar surface area (TPSA) is 38.3 Å². The minimum atomic E-state index is -0.489. The van der Waals surface area contributed by atoms with E-state index in [2.05, 4.69) is 18.2 Å². The average molecular weight is 245 g/mol. The number of aryl methyl sites for hydroxylation is 1. The third kappa shape index (κ3) is 3.61. The van der Waals surface area contributed by atoms with Gasteiger partial charge in [-0.15, -0.1) is 6.42 Å². The molecule has 1 atom stereocenters. The maximum Gasteiger partial charge on any atom is 0.327 e. The molecule has 0 aliphatic carbocycles. The maximum absolute atomic E-state index is 12.0. The van der Waals surface area contributed by atoms with Crippen molar-refractivity contribution in [3.63, 3.8) is 0 Å². The summed E-state index contributed by atoms with van der Waals surface area (Å²) in [5, 5.41) is 3.03. The largest absolute Gasteiger partial charge is 0.465 e. The zero-order chi connectivity index (χ0) is 13.4. The van der Waals surface area contributed by atoms with Crippen LogP contribution in [0.1, 0.15) is 31.0 Å². The van der Waals surface area contributed by atoms with Gasteiger partial charge in [0, 0.05) is 0 Å². The Bertz CT molecular complexity index is 434. The molecule has 0 radical (unpaired) electrons. The number of terminal acetylenes is 1. The van der Waals surface area contributed by atoms with E-state index in [1.54, 1.807) is 6.92 Å². The summed E-state index contributed by atoms with van der Waals surface area (Å²) in [5.41, 5.74) is 2.06. The number of hydrogen-bond acceptors (Lipinski definition) is 3. The van der Waals surface area contributed by atoms with Crippen molar-refractivity contribution in [3.05, 3.63) is 35.4 Å². The minimum Gasteiger partial charge on any atom is -0.465 e. The second-order valence-corrected chi connectivity index (χ2v) is 3.82. The average Bonchev–Trinajstić information content (AvgIpc) is 2.40. The van der Waals surface area contributed by atoms with Crippen LogP contribution in [-0.2, 0) is 16.0 Å². The molecule has 1 rings (SSSR count). The molecule has 1 aromatic rings. The van der Waals surface area contributed by atoms with Crippen molar-refractivity contribution in [2.75, 3.05) is 13.2 Å². The number of nitrogens with one attached hydrogen (secondary N) is 1. The normalized spacial score (nSPS) is 11.6. The highest BCUT2D eigenvalue weighted by atomic mass is 16.5. The molecule has 0 aliphatic heterocycles. The van der Waals surface area contributed by atoms with Crippen LogP contribution in [0.2, 0.25) is 0 Å². The van der Waals surface area contributed by atoms with Crippen LogP contribution in [0.25, 0.3) is 0 Å². The Balaban J connectivity index is 3.01. The van der Waals surface area contributed by atoms with Gasteiger partial charge in [-0.3, -0.25) is 5.32 Å². The summed E-state index contributed by atoms with van der Waals surface area (Å²) in [7, 11) is 0. The Labute approximate surface area is 109 Å². The highest BCUT2D eigenvalue weighted by molar-refractivity contribution is 5.78. The maximum atomic E-state index is 12.0. The van der Waals surface area contributed by atoms with E-state index in [0.29, 0.717) is 13.2 Å². The van der Waals surface area contributed by atoms with Crippen LogP contribution in [0, 0.1) is 12.3 Å². The zero-order valence-corrected chi connectivity index (χ0v) is 10.9. The lowest BCUT2D eigenvalue weighted by atomic mass is 9.98. The fourth-order valence-electron chi connectivity index (χ4n) is 1.84. The summed E-state index contributed by atoms with van der Waals surface area (Å²) >= 11 is 0. The van der Waals surface area contributed by atoms with Crippen molar-refractivity contribution in [2.45, 2.75) is 26.3 Å². The molecule has 1 N–H and O–H groups in total. The van der Waals surface area contributed by atoms with E-state index in [0.717, 1.165) is 17.5 Å². The lowest BCUT2D eigenvalue weighted by molar-refractivity contribution is -0.145. The first-order valence-corrected chi connectivity index (χ1v) is 6.15. The van der Waals surface area contributed by atoms with E-state index >= 15 is 0 Å². The van der Waals surface area contributed by atoms with Gasteiger partial charge in [-0.1, -0.05) is 37.1 Å². The van der Waals surface area contributed by atoms with Gasteiger partial charge in [0.25, 0.3) is 0 Å². The van der Waals surface area contributed by atoms with Gasteiger partial charge in [0.15, 0.2) is 0 Å². The van der Waals surface area contributed by atoms with E-state index in [9.17, 15) is 4.79 Å². The fraction of sp³-hybridized carbons (Fsp3) is 0.400. The van der Waals surface area contributed by atoms with E-state index in [4.69, 9.17) is 11.2 Å². The van der Waals surface area contributed by atoms with E-state index in [-0.39, 0.29) is 5.97 Å². The van der Waals surface area contributed by atoms with Gasteiger partial charge in [0.2, 0.25) is 0 Å². The molecule has 0 fully saturated rings. The second-order valence-electron chi connectivity index (χ2n) is 3.82. The molecule has 0 heterocycles. The van der Waals surface area contributed by atoms with Crippen molar-refractivity contribution < 1.29 is 9.53 Å². The molecule has 1 unspecified atom stereocenters. The molecular formula is C15H19NO2. The van der Waals surface area contributed by atoms with Gasteiger partial charge in [0.05, 0.1) is 13.2 Å². The Morgan fingerprint density at radius 2 is 2.17 bits per heavy atom. The number of rotatable bonds is 6. The molecule has 0 spiro atoms. The van der Waals surface area contributed by atoms with Crippen LogP contribution in [-0.4, -0.2) is 19.1 Å². The van der Waals surface area contributed by atoms with Gasteiger partial charge in [-0.05, 0) is 24.5 Å². The summed E-state index contributed by atoms with van der Waals surface area (Å²) in [6.45, 7) is 4.55. The first kappa shape index (κ1) is 14.3. The first-order chi connectivity index (χ1) is 8.74. The molecular weight excluding hydrogens is 226 g/mol. The van der Waals surface area contributed by atoms with Gasteiger partial charge < -0.3 is 4.74 Å². The number of benzene rings is 1. The fourth-order valence-corrected chi connectivity index (χ4v) is 1.84. The van der Waals surface area contributed by atoms with Crippen molar-refractivity contribution in [1.29, 1.82) is 0 Å². The molecule has 0 amide bonds. The molecule has 3 heteroatoms. The predicted octanol–water partition coefficient (Wildman–Crippen LogP) is 2.08. The third-order valence-electron chi connectivity index (χ3n) is 2.68. The number of carbonyl (C=O) groups is 1. The number of esters is 1. The van der Waals surface area contributed by atoms with Crippen LogP contribution in [0.3, 0.4) is 0 Å². The molecule has 96 valence electrons. The molecule has 0 saturated carbocycles. The minimum absolute atomic E-state index is 0.284. The summed E-state index contributed by atoms with van der Waals surface area (Å²) in [6, 6.07) is 7.34. The summed E-state index contributed by atoms with van der Waals surface area (Å²) in [4.78, 5) is 12.0. The molecule has 1 aromatic carbocycles. The predicted molar refractivity (Wildman–Crippen MR) is 72.0 cm³/mol. The molecule has 0 bridgehead atoms. The SMILES string of the molecule is C#CCNC(C(=O)OCC)c1ccccc1CC. The van der Waals surface area contributed by atoms with Gasteiger partial charge in [-0.25, -0.2) is 4.79 Å². The standard InChI is InChI=1S/C15H19NO2/c1-4-11-16-14(15(17)18-6-3)13-10-8-7-9-12(13)5-2/h1,7-10,14,16H,5-6,11H2,2-3H3. The first-order valence-electron chi connectivity index (χ1n) is 6.15.